The van der Waals surface area contributed by atoms with E-state index in [1.54, 1.807) is 0 Å². The lowest BCUT2D eigenvalue weighted by molar-refractivity contribution is 0.582. The molecule has 6 heteroatoms. The predicted molar refractivity (Wildman–Crippen MR) is 82.9 cm³/mol. The topological polar surface area (TPSA) is 47.7 Å². The second kappa shape index (κ2) is 8.07. The Morgan fingerprint density at radius 2 is 1.95 bits per heavy atom. The summed E-state index contributed by atoms with van der Waals surface area (Å²) in [6.07, 6.45) is 5.27. The summed E-state index contributed by atoms with van der Waals surface area (Å²) in [5, 5.41) is 12.4. The number of halogens is 1. The molecule has 0 radical (unpaired) electrons. The Balaban J connectivity index is 0.00000200. The summed E-state index contributed by atoms with van der Waals surface area (Å²) < 4.78 is 3.97. The standard InChI is InChI=1S/C14H23N5.ClH/c1-4-7-19-8-6-14(17-19)10-15-9-13-11-18(5-2)16-12(13)3;/h6,8,11,15H,4-5,7,9-10H2,1-3H3;1H. The first-order valence-electron chi connectivity index (χ1n) is 6.99. The molecule has 0 saturated heterocycles. The lowest BCUT2D eigenvalue weighted by atomic mass is 10.2. The molecule has 0 aliphatic carbocycles. The summed E-state index contributed by atoms with van der Waals surface area (Å²) in [4.78, 5) is 0. The lowest BCUT2D eigenvalue weighted by Crippen LogP contribution is -2.13. The van der Waals surface area contributed by atoms with E-state index in [4.69, 9.17) is 0 Å². The second-order valence-electron chi connectivity index (χ2n) is 4.77. The smallest absolute Gasteiger partial charge is 0.0762 e. The second-order valence-corrected chi connectivity index (χ2v) is 4.77. The first kappa shape index (κ1) is 16.7. The highest BCUT2D eigenvalue weighted by atomic mass is 35.5. The molecule has 0 aliphatic rings. The van der Waals surface area contributed by atoms with Crippen molar-refractivity contribution in [2.75, 3.05) is 0 Å². The van der Waals surface area contributed by atoms with Crippen LogP contribution in [-0.2, 0) is 26.2 Å². The Morgan fingerprint density at radius 3 is 2.60 bits per heavy atom. The van der Waals surface area contributed by atoms with Crippen LogP contribution in [0.1, 0.15) is 37.2 Å². The molecule has 0 bridgehead atoms. The molecule has 0 aliphatic heterocycles. The highest BCUT2D eigenvalue weighted by Crippen LogP contribution is 2.05. The maximum absolute atomic E-state index is 4.51. The predicted octanol–water partition coefficient (Wildman–Crippen LogP) is 2.53. The van der Waals surface area contributed by atoms with Gasteiger partial charge in [-0.3, -0.25) is 9.36 Å². The SMILES string of the molecule is CCCn1ccc(CNCc2cn(CC)nc2C)n1.Cl. The van der Waals surface area contributed by atoms with Crippen molar-refractivity contribution in [2.45, 2.75) is 53.4 Å². The average molecular weight is 298 g/mol. The van der Waals surface area contributed by atoms with E-state index in [2.05, 4.69) is 48.5 Å². The minimum Gasteiger partial charge on any atom is -0.307 e. The van der Waals surface area contributed by atoms with Gasteiger partial charge >= 0.3 is 0 Å². The Kier molecular flexibility index (Phi) is 6.75. The van der Waals surface area contributed by atoms with Crippen LogP contribution in [-0.4, -0.2) is 19.6 Å². The number of hydrogen-bond acceptors (Lipinski definition) is 3. The summed E-state index contributed by atoms with van der Waals surface area (Å²) in [6.45, 7) is 9.86. The van der Waals surface area contributed by atoms with Crippen LogP contribution in [0.2, 0.25) is 0 Å². The molecule has 0 amide bonds. The first-order chi connectivity index (χ1) is 9.22. The quantitative estimate of drug-likeness (QED) is 0.854. The molecular formula is C14H24ClN5. The summed E-state index contributed by atoms with van der Waals surface area (Å²) in [5.41, 5.74) is 3.45. The molecule has 2 heterocycles. The van der Waals surface area contributed by atoms with Crippen LogP contribution in [0.5, 0.6) is 0 Å². The highest BCUT2D eigenvalue weighted by Gasteiger charge is 2.04. The van der Waals surface area contributed by atoms with E-state index in [0.29, 0.717) is 0 Å². The summed E-state index contributed by atoms with van der Waals surface area (Å²) in [5.74, 6) is 0. The molecule has 0 fully saturated rings. The molecule has 0 unspecified atom stereocenters. The fourth-order valence-corrected chi connectivity index (χ4v) is 2.07. The Morgan fingerprint density at radius 1 is 1.15 bits per heavy atom. The van der Waals surface area contributed by atoms with Crippen LogP contribution >= 0.6 is 12.4 Å². The van der Waals surface area contributed by atoms with E-state index < -0.39 is 0 Å². The summed E-state index contributed by atoms with van der Waals surface area (Å²) in [7, 11) is 0. The maximum atomic E-state index is 4.51. The fourth-order valence-electron chi connectivity index (χ4n) is 2.07. The molecule has 2 aromatic rings. The Hall–Kier alpha value is -1.33. The molecule has 0 atom stereocenters. The number of nitrogens with one attached hydrogen (secondary N) is 1. The number of nitrogens with zero attached hydrogens (tertiary/aromatic N) is 4. The molecule has 5 nitrogen and oxygen atoms in total. The average Bonchev–Trinajstić information content (AvgIpc) is 2.98. The first-order valence-corrected chi connectivity index (χ1v) is 6.99. The van der Waals surface area contributed by atoms with Crippen molar-refractivity contribution in [1.82, 2.24) is 24.9 Å². The zero-order valence-corrected chi connectivity index (χ0v) is 13.3. The maximum Gasteiger partial charge on any atom is 0.0762 e. The molecule has 0 aromatic carbocycles. The molecule has 2 rings (SSSR count). The summed E-state index contributed by atoms with van der Waals surface area (Å²) >= 11 is 0. The van der Waals surface area contributed by atoms with E-state index in [1.165, 1.54) is 5.56 Å². The van der Waals surface area contributed by atoms with Gasteiger partial charge in [0.2, 0.25) is 0 Å². The third-order valence-electron chi connectivity index (χ3n) is 3.14. The molecule has 0 saturated carbocycles. The molecule has 112 valence electrons. The van der Waals surface area contributed by atoms with Gasteiger partial charge in [0.15, 0.2) is 0 Å². The number of aromatic nitrogens is 4. The van der Waals surface area contributed by atoms with Crippen molar-refractivity contribution in [1.29, 1.82) is 0 Å². The molecule has 20 heavy (non-hydrogen) atoms. The normalized spacial score (nSPS) is 10.6. The fraction of sp³-hybridized carbons (Fsp3) is 0.571. The van der Waals surface area contributed by atoms with Crippen LogP contribution in [0.3, 0.4) is 0 Å². The van der Waals surface area contributed by atoms with Crippen molar-refractivity contribution in [3.63, 3.8) is 0 Å². The van der Waals surface area contributed by atoms with Gasteiger partial charge in [-0.05, 0) is 26.3 Å². The Labute approximate surface area is 126 Å². The van der Waals surface area contributed by atoms with Gasteiger partial charge in [0.05, 0.1) is 11.4 Å². The monoisotopic (exact) mass is 297 g/mol. The van der Waals surface area contributed by atoms with Gasteiger partial charge in [-0.15, -0.1) is 12.4 Å². The largest absolute Gasteiger partial charge is 0.307 e. The minimum absolute atomic E-state index is 0. The molecule has 2 aromatic heterocycles. The van der Waals surface area contributed by atoms with E-state index in [0.717, 1.165) is 44.0 Å². The van der Waals surface area contributed by atoms with Gasteiger partial charge in [0, 0.05) is 44.1 Å². The number of rotatable bonds is 7. The molecular weight excluding hydrogens is 274 g/mol. The van der Waals surface area contributed by atoms with Crippen molar-refractivity contribution in [3.8, 4) is 0 Å². The molecule has 1 N–H and O–H groups in total. The van der Waals surface area contributed by atoms with Crippen LogP contribution in [0, 0.1) is 6.92 Å². The van der Waals surface area contributed by atoms with Crippen molar-refractivity contribution in [3.05, 3.63) is 35.4 Å². The van der Waals surface area contributed by atoms with Gasteiger partial charge in [-0.2, -0.15) is 10.2 Å². The van der Waals surface area contributed by atoms with Gasteiger partial charge in [-0.25, -0.2) is 0 Å². The minimum atomic E-state index is 0. The van der Waals surface area contributed by atoms with E-state index in [1.807, 2.05) is 15.6 Å². The van der Waals surface area contributed by atoms with Crippen LogP contribution in [0.25, 0.3) is 0 Å². The van der Waals surface area contributed by atoms with Crippen molar-refractivity contribution >= 4 is 12.4 Å². The highest BCUT2D eigenvalue weighted by molar-refractivity contribution is 5.85. The molecule has 0 spiro atoms. The summed E-state index contributed by atoms with van der Waals surface area (Å²) in [6, 6.07) is 2.07. The Bertz CT molecular complexity index is 517. The van der Waals surface area contributed by atoms with Crippen LogP contribution in [0.15, 0.2) is 18.5 Å². The lowest BCUT2D eigenvalue weighted by Gasteiger charge is -2.01. The van der Waals surface area contributed by atoms with E-state index in [-0.39, 0.29) is 12.4 Å². The number of hydrogen-bond donors (Lipinski definition) is 1. The van der Waals surface area contributed by atoms with Crippen molar-refractivity contribution < 1.29 is 0 Å². The van der Waals surface area contributed by atoms with Gasteiger partial charge in [0.25, 0.3) is 0 Å². The zero-order valence-electron chi connectivity index (χ0n) is 12.5. The third kappa shape index (κ3) is 4.35. The van der Waals surface area contributed by atoms with Crippen LogP contribution < -0.4 is 5.32 Å². The van der Waals surface area contributed by atoms with Gasteiger partial charge in [-0.1, -0.05) is 6.92 Å². The van der Waals surface area contributed by atoms with E-state index >= 15 is 0 Å². The third-order valence-corrected chi connectivity index (χ3v) is 3.14. The van der Waals surface area contributed by atoms with Crippen LogP contribution in [0.4, 0.5) is 0 Å². The number of aryl methyl sites for hydroxylation is 3. The van der Waals surface area contributed by atoms with Gasteiger partial charge in [0.1, 0.15) is 0 Å². The van der Waals surface area contributed by atoms with Gasteiger partial charge < -0.3 is 5.32 Å². The van der Waals surface area contributed by atoms with E-state index in [9.17, 15) is 0 Å². The zero-order chi connectivity index (χ0) is 13.7. The van der Waals surface area contributed by atoms with Crippen molar-refractivity contribution in [2.24, 2.45) is 0 Å².